The number of hydrogen-bond acceptors (Lipinski definition) is 1. The van der Waals surface area contributed by atoms with Gasteiger partial charge in [-0.3, -0.25) is 0 Å². The van der Waals surface area contributed by atoms with E-state index < -0.39 is 5.41 Å². The van der Waals surface area contributed by atoms with Crippen molar-refractivity contribution in [2.45, 2.75) is 5.41 Å². The van der Waals surface area contributed by atoms with Gasteiger partial charge in [0.1, 0.15) is 0 Å². The topological polar surface area (TPSA) is 0 Å². The summed E-state index contributed by atoms with van der Waals surface area (Å²) in [6.45, 7) is 0. The molecular weight excluding hydrogens is 693 g/mol. The highest BCUT2D eigenvalue weighted by molar-refractivity contribution is 7.26. The third kappa shape index (κ3) is 3.88. The second-order valence-corrected chi connectivity index (χ2v) is 16.5. The molecule has 1 unspecified atom stereocenters. The van der Waals surface area contributed by atoms with Gasteiger partial charge >= 0.3 is 0 Å². The molecule has 13 rings (SSSR count). The van der Waals surface area contributed by atoms with E-state index in [1.54, 1.807) is 0 Å². The minimum atomic E-state index is -0.471. The number of benzene rings is 10. The fraction of sp³-hybridized carbons (Fsp3) is 0.0182. The lowest BCUT2D eigenvalue weighted by Gasteiger charge is -2.31. The van der Waals surface area contributed by atoms with Crippen molar-refractivity contribution in [2.24, 2.45) is 0 Å². The van der Waals surface area contributed by atoms with Crippen LogP contribution in [0.3, 0.4) is 0 Å². The maximum absolute atomic E-state index is 2.53. The van der Waals surface area contributed by atoms with Gasteiger partial charge in [0, 0.05) is 25.7 Å². The van der Waals surface area contributed by atoms with Crippen molar-refractivity contribution in [3.63, 3.8) is 0 Å². The second kappa shape index (κ2) is 11.1. The van der Waals surface area contributed by atoms with E-state index in [2.05, 4.69) is 194 Å². The first-order chi connectivity index (χ1) is 27.8. The lowest BCUT2D eigenvalue weighted by molar-refractivity contribution is 0.795. The summed E-state index contributed by atoms with van der Waals surface area (Å²) in [5.41, 5.74) is 15.4. The summed E-state index contributed by atoms with van der Waals surface area (Å²) in [6.07, 6.45) is 0. The summed E-state index contributed by atoms with van der Waals surface area (Å²) >= 11 is 1.94. The van der Waals surface area contributed by atoms with Crippen LogP contribution in [0.4, 0.5) is 0 Å². The quantitative estimate of drug-likeness (QED) is 0.156. The van der Waals surface area contributed by atoms with Crippen molar-refractivity contribution in [1.82, 2.24) is 0 Å². The predicted octanol–water partition coefficient (Wildman–Crippen LogP) is 15.2. The van der Waals surface area contributed by atoms with Gasteiger partial charge < -0.3 is 0 Å². The smallest absolute Gasteiger partial charge is 0.0726 e. The maximum atomic E-state index is 2.53. The fourth-order valence-corrected chi connectivity index (χ4v) is 11.8. The highest BCUT2D eigenvalue weighted by Crippen LogP contribution is 2.65. The molecule has 10 aromatic carbocycles. The SMILES string of the molecule is c1ccc(-c2ccc3c(c2)C2(c4cc(-c5ccc6c7ccccc7c7ccccc7c6c5)ccc4-3)c3ccccc3-c3c2ccc2c3sc3ccccc32)cc1. The van der Waals surface area contributed by atoms with Crippen molar-refractivity contribution in [3.05, 3.63) is 216 Å². The maximum Gasteiger partial charge on any atom is 0.0726 e. The zero-order valence-corrected chi connectivity index (χ0v) is 31.2. The van der Waals surface area contributed by atoms with E-state index in [1.807, 2.05) is 11.3 Å². The molecule has 0 bridgehead atoms. The molecule has 1 heteroatoms. The molecule has 11 aromatic rings. The van der Waals surface area contributed by atoms with Crippen LogP contribution in [0, 0.1) is 0 Å². The lowest BCUT2D eigenvalue weighted by Crippen LogP contribution is -2.26. The largest absolute Gasteiger partial charge is 0.135 e. The fourth-order valence-electron chi connectivity index (χ4n) is 10.5. The Bertz CT molecular complexity index is 3440. The normalized spacial score (nSPS) is 15.2. The molecule has 0 N–H and O–H groups in total. The van der Waals surface area contributed by atoms with Crippen LogP contribution in [0.5, 0.6) is 0 Å². The molecule has 1 heterocycles. The number of rotatable bonds is 2. The molecule has 0 aliphatic heterocycles. The van der Waals surface area contributed by atoms with Crippen molar-refractivity contribution < 1.29 is 0 Å². The summed E-state index contributed by atoms with van der Waals surface area (Å²) in [5, 5.41) is 10.5. The van der Waals surface area contributed by atoms with Gasteiger partial charge in [-0.25, -0.2) is 0 Å². The molecule has 1 spiro atoms. The number of thiophene rings is 1. The summed E-state index contributed by atoms with van der Waals surface area (Å²) in [7, 11) is 0. The first kappa shape index (κ1) is 30.5. The Balaban J connectivity index is 1.12. The molecule has 1 aromatic heterocycles. The van der Waals surface area contributed by atoms with E-state index in [0.29, 0.717) is 0 Å². The highest BCUT2D eigenvalue weighted by Gasteiger charge is 2.52. The van der Waals surface area contributed by atoms with E-state index in [4.69, 9.17) is 0 Å². The van der Waals surface area contributed by atoms with Crippen LogP contribution < -0.4 is 0 Å². The van der Waals surface area contributed by atoms with Gasteiger partial charge in [0.2, 0.25) is 0 Å². The average Bonchev–Trinajstić information content (AvgIpc) is 3.90. The van der Waals surface area contributed by atoms with Gasteiger partial charge in [-0.2, -0.15) is 0 Å². The van der Waals surface area contributed by atoms with Crippen molar-refractivity contribution >= 4 is 63.8 Å². The van der Waals surface area contributed by atoms with E-state index in [0.717, 1.165) is 0 Å². The van der Waals surface area contributed by atoms with E-state index in [9.17, 15) is 0 Å². The second-order valence-electron chi connectivity index (χ2n) is 15.5. The van der Waals surface area contributed by atoms with E-state index in [-0.39, 0.29) is 0 Å². The van der Waals surface area contributed by atoms with Crippen molar-refractivity contribution in [3.8, 4) is 44.5 Å². The van der Waals surface area contributed by atoms with Crippen molar-refractivity contribution in [2.75, 3.05) is 0 Å². The first-order valence-electron chi connectivity index (χ1n) is 19.5. The molecule has 0 fully saturated rings. The van der Waals surface area contributed by atoms with Gasteiger partial charge in [-0.15, -0.1) is 11.3 Å². The molecule has 2 aliphatic rings. The Kier molecular flexibility index (Phi) is 6.07. The van der Waals surface area contributed by atoms with Crippen LogP contribution in [0.2, 0.25) is 0 Å². The Labute approximate surface area is 328 Å². The molecule has 56 heavy (non-hydrogen) atoms. The number of fused-ring (bicyclic) bond motifs is 20. The monoisotopic (exact) mass is 724 g/mol. The molecule has 0 saturated carbocycles. The summed E-state index contributed by atoms with van der Waals surface area (Å²) in [6, 6.07) is 73.2. The summed E-state index contributed by atoms with van der Waals surface area (Å²) in [5.74, 6) is 0. The van der Waals surface area contributed by atoms with Gasteiger partial charge in [-0.1, -0.05) is 170 Å². The van der Waals surface area contributed by atoms with Crippen LogP contribution in [0.25, 0.3) is 97.0 Å². The molecule has 1 atom stereocenters. The molecule has 0 radical (unpaired) electrons. The van der Waals surface area contributed by atoms with Gasteiger partial charge in [0.15, 0.2) is 0 Å². The Morgan fingerprint density at radius 3 is 1.52 bits per heavy atom. The number of hydrogen-bond donors (Lipinski definition) is 0. The van der Waals surface area contributed by atoms with Crippen LogP contribution in [0.1, 0.15) is 22.3 Å². The molecule has 2 aliphatic carbocycles. The van der Waals surface area contributed by atoms with Crippen molar-refractivity contribution in [1.29, 1.82) is 0 Å². The van der Waals surface area contributed by atoms with Crippen LogP contribution in [0.15, 0.2) is 194 Å². The standard InChI is InChI=1S/C55H32S/c1-2-12-33(13-3-1)35-23-26-42-43-27-24-36(34-22-25-41-39-16-5-4-14-37(39)38-15-6-7-17-40(38)47(41)30-34)32-51(43)55(50(42)31-35)48-20-10-8-19-46(48)53-49(55)29-28-45-44-18-9-11-21-52(44)56-54(45)53/h1-32H. The van der Waals surface area contributed by atoms with E-state index >= 15 is 0 Å². The first-order valence-corrected chi connectivity index (χ1v) is 20.3. The summed E-state index contributed by atoms with van der Waals surface area (Å²) < 4.78 is 2.72. The zero-order chi connectivity index (χ0) is 36.5. The zero-order valence-electron chi connectivity index (χ0n) is 30.4. The lowest BCUT2D eigenvalue weighted by atomic mass is 9.70. The average molecular weight is 725 g/mol. The molecule has 0 saturated heterocycles. The Morgan fingerprint density at radius 2 is 0.804 bits per heavy atom. The molecule has 0 nitrogen and oxygen atoms in total. The van der Waals surface area contributed by atoms with E-state index in [1.165, 1.54) is 119 Å². The third-order valence-electron chi connectivity index (χ3n) is 12.9. The highest BCUT2D eigenvalue weighted by atomic mass is 32.1. The molecular formula is C55H32S. The molecule has 0 amide bonds. The van der Waals surface area contributed by atoms with Crippen LogP contribution in [-0.4, -0.2) is 0 Å². The summed E-state index contributed by atoms with van der Waals surface area (Å²) in [4.78, 5) is 0. The van der Waals surface area contributed by atoms with Crippen LogP contribution >= 0.6 is 11.3 Å². The predicted molar refractivity (Wildman–Crippen MR) is 239 cm³/mol. The van der Waals surface area contributed by atoms with Gasteiger partial charge in [-0.05, 0) is 118 Å². The van der Waals surface area contributed by atoms with Gasteiger partial charge in [0.25, 0.3) is 0 Å². The Morgan fingerprint density at radius 1 is 0.286 bits per heavy atom. The minimum Gasteiger partial charge on any atom is -0.135 e. The Hall–Kier alpha value is -6.80. The van der Waals surface area contributed by atoms with Crippen LogP contribution in [-0.2, 0) is 5.41 Å². The minimum absolute atomic E-state index is 0.471. The third-order valence-corrected chi connectivity index (χ3v) is 14.1. The molecule has 258 valence electrons. The van der Waals surface area contributed by atoms with Gasteiger partial charge in [0.05, 0.1) is 5.41 Å².